The van der Waals surface area contributed by atoms with E-state index in [-0.39, 0.29) is 5.57 Å². The second-order valence-corrected chi connectivity index (χ2v) is 7.47. The highest BCUT2D eigenvalue weighted by Gasteiger charge is 2.17. The summed E-state index contributed by atoms with van der Waals surface area (Å²) in [7, 11) is 0. The van der Waals surface area contributed by atoms with Crippen molar-refractivity contribution in [3.63, 3.8) is 0 Å². The Morgan fingerprint density at radius 2 is 1.83 bits per heavy atom. The molecule has 2 heterocycles. The summed E-state index contributed by atoms with van der Waals surface area (Å²) in [6, 6.07) is 20.2. The van der Waals surface area contributed by atoms with E-state index in [2.05, 4.69) is 40.9 Å². The van der Waals surface area contributed by atoms with Gasteiger partial charge < -0.3 is 4.57 Å². The average molecular weight is 394 g/mol. The van der Waals surface area contributed by atoms with Gasteiger partial charge in [-0.25, -0.2) is 4.68 Å². The smallest absolute Gasteiger partial charge is 0.289 e. The fourth-order valence-corrected chi connectivity index (χ4v) is 3.74. The lowest BCUT2D eigenvalue weighted by molar-refractivity contribution is 0.0944. The predicted octanol–water partition coefficient (Wildman–Crippen LogP) is 5.06. The minimum atomic E-state index is -0.418. The lowest BCUT2D eigenvalue weighted by Crippen LogP contribution is -2.15. The molecule has 2 aromatic heterocycles. The number of carbonyl (C=O) groups is 1. The van der Waals surface area contributed by atoms with Crippen LogP contribution < -0.4 is 0 Å². The molecule has 0 bridgehead atoms. The number of aryl methyl sites for hydroxylation is 3. The number of nitrogens with zero attached hydrogens (tertiary/aromatic N) is 4. The molecule has 0 amide bonds. The number of carbonyl (C=O) groups excluding carboxylic acids is 1. The molecule has 30 heavy (non-hydrogen) atoms. The van der Waals surface area contributed by atoms with E-state index in [4.69, 9.17) is 0 Å². The summed E-state index contributed by atoms with van der Waals surface area (Å²) in [6.45, 7) is 6.45. The van der Waals surface area contributed by atoms with E-state index >= 15 is 0 Å². The third kappa shape index (κ3) is 3.56. The summed E-state index contributed by atoms with van der Waals surface area (Å²) in [5, 5.41) is 14.9. The van der Waals surface area contributed by atoms with E-state index in [1.54, 1.807) is 13.0 Å². The van der Waals surface area contributed by atoms with Crippen molar-refractivity contribution in [1.29, 1.82) is 5.26 Å². The van der Waals surface area contributed by atoms with E-state index in [0.717, 1.165) is 22.2 Å². The minimum absolute atomic E-state index is 0.0556. The molecule has 0 aliphatic heterocycles. The maximum Gasteiger partial charge on any atom is 0.289 e. The van der Waals surface area contributed by atoms with Crippen LogP contribution >= 0.6 is 0 Å². The van der Waals surface area contributed by atoms with Gasteiger partial charge in [-0.1, -0.05) is 42.5 Å². The van der Waals surface area contributed by atoms with Crippen LogP contribution in [-0.2, 0) is 6.54 Å². The molecule has 0 atom stereocenters. The maximum atomic E-state index is 12.9. The number of nitriles is 1. The molecule has 0 aliphatic rings. The van der Waals surface area contributed by atoms with E-state index in [9.17, 15) is 10.1 Å². The summed E-state index contributed by atoms with van der Waals surface area (Å²) in [4.78, 5) is 12.9. The summed E-state index contributed by atoms with van der Waals surface area (Å²) < 4.78 is 3.45. The SMILES string of the molecule is Cc1cc(C)n(C(=O)/C(C#N)=C/c2cn(Cc3ccccc3C)c3ccccc23)n1. The van der Waals surface area contributed by atoms with Crippen LogP contribution in [0, 0.1) is 32.1 Å². The fourth-order valence-electron chi connectivity index (χ4n) is 3.74. The minimum Gasteiger partial charge on any atom is -0.342 e. The Morgan fingerprint density at radius 1 is 1.10 bits per heavy atom. The third-order valence-corrected chi connectivity index (χ3v) is 5.27. The number of hydrogen-bond acceptors (Lipinski definition) is 3. The quantitative estimate of drug-likeness (QED) is 0.359. The molecule has 4 aromatic rings. The molecule has 5 nitrogen and oxygen atoms in total. The fraction of sp³-hybridized carbons (Fsp3) is 0.160. The Morgan fingerprint density at radius 3 is 2.53 bits per heavy atom. The summed E-state index contributed by atoms with van der Waals surface area (Å²) in [5.74, 6) is -0.418. The number of allylic oxidation sites excluding steroid dienone is 1. The first kappa shape index (κ1) is 19.4. The molecule has 0 spiro atoms. The summed E-state index contributed by atoms with van der Waals surface area (Å²) in [6.07, 6.45) is 3.67. The molecule has 0 fully saturated rings. The van der Waals surface area contributed by atoms with Crippen molar-refractivity contribution in [2.75, 3.05) is 0 Å². The van der Waals surface area contributed by atoms with Crippen LogP contribution in [0.3, 0.4) is 0 Å². The molecular formula is C25H22N4O. The van der Waals surface area contributed by atoms with Crippen LogP contribution in [0.2, 0.25) is 0 Å². The molecule has 0 saturated carbocycles. The first-order chi connectivity index (χ1) is 14.5. The Hall–Kier alpha value is -3.91. The first-order valence-electron chi connectivity index (χ1n) is 9.80. The van der Waals surface area contributed by atoms with Crippen LogP contribution in [0.25, 0.3) is 17.0 Å². The largest absolute Gasteiger partial charge is 0.342 e. The molecule has 0 N–H and O–H groups in total. The van der Waals surface area contributed by atoms with Crippen LogP contribution in [0.15, 0.2) is 66.4 Å². The number of rotatable bonds is 4. The van der Waals surface area contributed by atoms with E-state index in [0.29, 0.717) is 12.2 Å². The lowest BCUT2D eigenvalue weighted by Gasteiger charge is -2.08. The molecule has 0 unspecified atom stereocenters. The van der Waals surface area contributed by atoms with E-state index < -0.39 is 5.91 Å². The number of aromatic nitrogens is 3. The van der Waals surface area contributed by atoms with Gasteiger partial charge in [0.15, 0.2) is 0 Å². The standard InChI is InChI=1S/C25H22N4O/c1-17-8-4-5-9-20(17)15-28-16-22(23-10-6-7-11-24(23)28)13-21(14-26)25(30)29-19(3)12-18(2)27-29/h4-13,16H,15H2,1-3H3/b21-13+. The van der Waals surface area contributed by atoms with Crippen molar-refractivity contribution < 1.29 is 4.79 Å². The van der Waals surface area contributed by atoms with Crippen molar-refractivity contribution in [1.82, 2.24) is 14.3 Å². The van der Waals surface area contributed by atoms with Crippen molar-refractivity contribution in [2.24, 2.45) is 0 Å². The highest BCUT2D eigenvalue weighted by molar-refractivity contribution is 6.05. The summed E-state index contributed by atoms with van der Waals surface area (Å²) in [5.41, 5.74) is 5.86. The molecule has 0 radical (unpaired) electrons. The van der Waals surface area contributed by atoms with E-state index in [1.807, 2.05) is 49.5 Å². The molecule has 0 aliphatic carbocycles. The zero-order valence-electron chi connectivity index (χ0n) is 17.3. The van der Waals surface area contributed by atoms with Crippen LogP contribution in [0.4, 0.5) is 0 Å². The van der Waals surface area contributed by atoms with Crippen LogP contribution in [0.5, 0.6) is 0 Å². The van der Waals surface area contributed by atoms with Gasteiger partial charge in [-0.3, -0.25) is 4.79 Å². The van der Waals surface area contributed by atoms with Crippen LogP contribution in [0.1, 0.15) is 32.9 Å². The Balaban J connectivity index is 1.79. The van der Waals surface area contributed by atoms with Gasteiger partial charge in [0.25, 0.3) is 5.91 Å². The van der Waals surface area contributed by atoms with Crippen molar-refractivity contribution in [2.45, 2.75) is 27.3 Å². The number of para-hydroxylation sites is 1. The Bertz CT molecular complexity index is 1330. The molecule has 4 rings (SSSR count). The van der Waals surface area contributed by atoms with Gasteiger partial charge in [-0.2, -0.15) is 10.4 Å². The van der Waals surface area contributed by atoms with Gasteiger partial charge in [0, 0.05) is 34.9 Å². The van der Waals surface area contributed by atoms with E-state index in [1.165, 1.54) is 15.8 Å². The van der Waals surface area contributed by atoms with Gasteiger partial charge in [-0.15, -0.1) is 0 Å². The monoisotopic (exact) mass is 394 g/mol. The average Bonchev–Trinajstić information content (AvgIpc) is 3.26. The third-order valence-electron chi connectivity index (χ3n) is 5.27. The second kappa shape index (κ2) is 7.84. The van der Waals surface area contributed by atoms with Gasteiger partial charge in [0.2, 0.25) is 0 Å². The van der Waals surface area contributed by atoms with Crippen LogP contribution in [-0.4, -0.2) is 20.3 Å². The highest BCUT2D eigenvalue weighted by atomic mass is 16.2. The van der Waals surface area contributed by atoms with Crippen molar-refractivity contribution >= 4 is 22.9 Å². The van der Waals surface area contributed by atoms with Crippen molar-refractivity contribution in [3.05, 3.63) is 94.4 Å². The lowest BCUT2D eigenvalue weighted by atomic mass is 10.1. The Labute approximate surface area is 175 Å². The molecule has 5 heteroatoms. The maximum absolute atomic E-state index is 12.9. The zero-order valence-corrected chi connectivity index (χ0v) is 17.3. The van der Waals surface area contributed by atoms with Gasteiger partial charge in [0.1, 0.15) is 11.6 Å². The van der Waals surface area contributed by atoms with Gasteiger partial charge in [0.05, 0.1) is 5.69 Å². The number of benzene rings is 2. The summed E-state index contributed by atoms with van der Waals surface area (Å²) >= 11 is 0. The zero-order chi connectivity index (χ0) is 21.3. The number of fused-ring (bicyclic) bond motifs is 1. The van der Waals surface area contributed by atoms with Gasteiger partial charge in [-0.05, 0) is 50.1 Å². The number of hydrogen-bond donors (Lipinski definition) is 0. The first-order valence-corrected chi connectivity index (χ1v) is 9.80. The topological polar surface area (TPSA) is 63.6 Å². The molecule has 148 valence electrons. The predicted molar refractivity (Wildman–Crippen MR) is 118 cm³/mol. The molecular weight excluding hydrogens is 372 g/mol. The Kier molecular flexibility index (Phi) is 5.07. The molecule has 2 aromatic carbocycles. The second-order valence-electron chi connectivity index (χ2n) is 7.47. The normalized spacial score (nSPS) is 11.6. The molecule has 0 saturated heterocycles. The highest BCUT2D eigenvalue weighted by Crippen LogP contribution is 2.25. The van der Waals surface area contributed by atoms with Gasteiger partial charge >= 0.3 is 0 Å². The van der Waals surface area contributed by atoms with Crippen molar-refractivity contribution in [3.8, 4) is 6.07 Å².